The predicted octanol–water partition coefficient (Wildman–Crippen LogP) is 4.69. The van der Waals surface area contributed by atoms with Gasteiger partial charge in [-0.15, -0.1) is 0 Å². The molecular weight excluding hydrogens is 517 g/mol. The number of rotatable bonds is 8. The average Bonchev–Trinajstić information content (AvgIpc) is 2.97. The molecule has 3 aliphatic rings. The molecule has 3 saturated heterocycles. The van der Waals surface area contributed by atoms with Crippen molar-refractivity contribution < 1.29 is 18.5 Å². The largest absolute Gasteiger partial charge is 0.334 e. The number of urea groups is 1. The summed E-state index contributed by atoms with van der Waals surface area (Å²) in [5.74, 6) is 0.713. The van der Waals surface area contributed by atoms with Gasteiger partial charge in [0.2, 0.25) is 0 Å². The van der Waals surface area contributed by atoms with Crippen molar-refractivity contribution in [2.24, 2.45) is 11.8 Å². The van der Waals surface area contributed by atoms with E-state index in [2.05, 4.69) is 27.9 Å². The zero-order chi connectivity index (χ0) is 28.8. The molecule has 0 saturated carbocycles. The molecule has 0 aliphatic carbocycles. The number of nitrogens with one attached hydrogen (secondary N) is 3. The lowest BCUT2D eigenvalue weighted by molar-refractivity contribution is -0.942. The van der Waals surface area contributed by atoms with Gasteiger partial charge in [-0.1, -0.05) is 24.3 Å². The summed E-state index contributed by atoms with van der Waals surface area (Å²) < 4.78 is 14.5. The Labute approximate surface area is 244 Å². The van der Waals surface area contributed by atoms with Crippen LogP contribution in [0.1, 0.15) is 54.9 Å². The lowest BCUT2D eigenvalue weighted by Crippen LogP contribution is -2.65. The number of carbonyl (C=O) groups excluding carboxylic acids is 2. The predicted molar refractivity (Wildman–Crippen MR) is 162 cm³/mol. The molecule has 1 unspecified atom stereocenters. The van der Waals surface area contributed by atoms with Gasteiger partial charge in [0.1, 0.15) is 5.82 Å². The second-order valence-electron chi connectivity index (χ2n) is 12.9. The molecule has 3 heterocycles. The van der Waals surface area contributed by atoms with Crippen LogP contribution in [0.3, 0.4) is 0 Å². The van der Waals surface area contributed by atoms with Gasteiger partial charge in [-0.3, -0.25) is 4.79 Å². The summed E-state index contributed by atoms with van der Waals surface area (Å²) in [4.78, 5) is 27.6. The molecule has 222 valence electrons. The molecule has 3 N–H and O–H groups in total. The van der Waals surface area contributed by atoms with E-state index in [0.29, 0.717) is 29.1 Å². The minimum Gasteiger partial charge on any atom is -0.334 e. The van der Waals surface area contributed by atoms with Gasteiger partial charge < -0.3 is 25.3 Å². The van der Waals surface area contributed by atoms with Crippen LogP contribution in [0.5, 0.6) is 0 Å². The number of piperidine rings is 3. The highest BCUT2D eigenvalue weighted by molar-refractivity contribution is 5.96. The fourth-order valence-electron chi connectivity index (χ4n) is 7.48. The van der Waals surface area contributed by atoms with E-state index in [-0.39, 0.29) is 23.7 Å². The van der Waals surface area contributed by atoms with Gasteiger partial charge in [0.05, 0.1) is 26.2 Å². The zero-order valence-electron chi connectivity index (χ0n) is 24.7. The van der Waals surface area contributed by atoms with Crippen LogP contribution in [0.4, 0.5) is 14.9 Å². The van der Waals surface area contributed by atoms with Crippen LogP contribution in [0.25, 0.3) is 0 Å². The van der Waals surface area contributed by atoms with Gasteiger partial charge in [-0.05, 0) is 68.5 Å². The van der Waals surface area contributed by atoms with Crippen LogP contribution in [-0.2, 0) is 6.42 Å². The SMILES string of the molecule is CC(=O)c1cccc(NC(=O)N[C@@H]2CC[N+](C)(C3CCNCC3)C[C@H]2CN2CCC[C@@H](Cc3ccc(F)cc3)C2)c1. The van der Waals surface area contributed by atoms with Crippen molar-refractivity contribution >= 4 is 17.5 Å². The number of Topliss-reactive ketones (excluding diaryl/α,β-unsaturated/α-hetero) is 1. The number of quaternary nitrogens is 1. The Morgan fingerprint density at radius 3 is 2.61 bits per heavy atom. The maximum atomic E-state index is 13.4. The quantitative estimate of drug-likeness (QED) is 0.321. The van der Waals surface area contributed by atoms with Crippen LogP contribution in [0.15, 0.2) is 48.5 Å². The third-order valence-electron chi connectivity index (χ3n) is 9.74. The Kier molecular flexibility index (Phi) is 9.73. The second kappa shape index (κ2) is 13.4. The van der Waals surface area contributed by atoms with Gasteiger partial charge >= 0.3 is 6.03 Å². The normalized spacial score (nSPS) is 27.7. The molecule has 8 heteroatoms. The monoisotopic (exact) mass is 564 g/mol. The molecule has 0 radical (unpaired) electrons. The Balaban J connectivity index is 1.26. The van der Waals surface area contributed by atoms with Crippen LogP contribution in [0.2, 0.25) is 0 Å². The van der Waals surface area contributed by atoms with E-state index in [1.165, 1.54) is 38.2 Å². The fourth-order valence-corrected chi connectivity index (χ4v) is 7.48. The number of nitrogens with zero attached hydrogens (tertiary/aromatic N) is 2. The van der Waals surface area contributed by atoms with Crippen molar-refractivity contribution in [3.63, 3.8) is 0 Å². The Hall–Kier alpha value is -2.81. The summed E-state index contributed by atoms with van der Waals surface area (Å²) in [5.41, 5.74) is 2.43. The number of amides is 2. The first-order valence-electron chi connectivity index (χ1n) is 15.5. The molecule has 2 aromatic rings. The molecule has 0 bridgehead atoms. The number of halogens is 1. The van der Waals surface area contributed by atoms with E-state index < -0.39 is 0 Å². The highest BCUT2D eigenvalue weighted by Crippen LogP contribution is 2.31. The Morgan fingerprint density at radius 1 is 1.07 bits per heavy atom. The highest BCUT2D eigenvalue weighted by Gasteiger charge is 2.44. The first-order chi connectivity index (χ1) is 19.8. The highest BCUT2D eigenvalue weighted by atomic mass is 19.1. The minimum atomic E-state index is -0.202. The topological polar surface area (TPSA) is 73.5 Å². The number of anilines is 1. The third kappa shape index (κ3) is 7.93. The van der Waals surface area contributed by atoms with E-state index in [1.807, 2.05) is 18.2 Å². The maximum absolute atomic E-state index is 13.4. The molecule has 4 atom stereocenters. The van der Waals surface area contributed by atoms with Crippen molar-refractivity contribution in [1.29, 1.82) is 0 Å². The van der Waals surface area contributed by atoms with E-state index in [1.54, 1.807) is 30.3 Å². The summed E-state index contributed by atoms with van der Waals surface area (Å²) >= 11 is 0. The fraction of sp³-hybridized carbons (Fsp3) is 0.576. The number of likely N-dealkylation sites (tertiary alicyclic amines) is 2. The molecule has 5 rings (SSSR count). The van der Waals surface area contributed by atoms with Crippen LogP contribution < -0.4 is 16.0 Å². The van der Waals surface area contributed by atoms with Crippen LogP contribution in [-0.4, -0.2) is 86.1 Å². The third-order valence-corrected chi connectivity index (χ3v) is 9.74. The van der Waals surface area contributed by atoms with Gasteiger partial charge in [0.25, 0.3) is 0 Å². The van der Waals surface area contributed by atoms with Crippen molar-refractivity contribution in [1.82, 2.24) is 15.5 Å². The van der Waals surface area contributed by atoms with Gasteiger partial charge in [-0.25, -0.2) is 9.18 Å². The van der Waals surface area contributed by atoms with Crippen molar-refractivity contribution in [2.45, 2.75) is 57.5 Å². The minimum absolute atomic E-state index is 0.0179. The lowest BCUT2D eigenvalue weighted by Gasteiger charge is -2.51. The summed E-state index contributed by atoms with van der Waals surface area (Å²) in [6, 6.07) is 14.7. The standard InChI is InChI=1S/C33H46FN5O2/c1-24(40)27-6-3-7-30(20-27)36-33(41)37-32-14-18-39(2,31-12-15-35-16-13-31)23-28(32)22-38-17-4-5-26(21-38)19-25-8-10-29(34)11-9-25/h3,6-11,20,26,28,31-32,35H,4-5,12-19,21-23H2,1-2H3,(H-,36,37,41)/p+1/t26-,28+,32+,39?/m0/s1. The summed E-state index contributed by atoms with van der Waals surface area (Å²) in [6.07, 6.45) is 6.72. The molecule has 2 amide bonds. The molecule has 2 aromatic carbocycles. The Bertz CT molecular complexity index is 1180. The average molecular weight is 565 g/mol. The van der Waals surface area contributed by atoms with Gasteiger partial charge in [0.15, 0.2) is 5.78 Å². The van der Waals surface area contributed by atoms with Crippen molar-refractivity contribution in [3.8, 4) is 0 Å². The number of carbonyl (C=O) groups is 2. The maximum Gasteiger partial charge on any atom is 0.319 e. The molecule has 3 fully saturated rings. The van der Waals surface area contributed by atoms with E-state index in [4.69, 9.17) is 0 Å². The molecule has 3 aliphatic heterocycles. The zero-order valence-corrected chi connectivity index (χ0v) is 24.7. The van der Waals surface area contributed by atoms with E-state index in [0.717, 1.165) is 63.1 Å². The Morgan fingerprint density at radius 2 is 1.85 bits per heavy atom. The van der Waals surface area contributed by atoms with Gasteiger partial charge in [0, 0.05) is 68.7 Å². The molecule has 7 nitrogen and oxygen atoms in total. The number of hydrogen-bond donors (Lipinski definition) is 3. The van der Waals surface area contributed by atoms with E-state index >= 15 is 0 Å². The summed E-state index contributed by atoms with van der Waals surface area (Å²) in [6.45, 7) is 8.95. The number of ketones is 1. The summed E-state index contributed by atoms with van der Waals surface area (Å²) in [5, 5.41) is 9.83. The first kappa shape index (κ1) is 29.7. The van der Waals surface area contributed by atoms with Crippen LogP contribution in [0, 0.1) is 17.7 Å². The smallest absolute Gasteiger partial charge is 0.319 e. The molecule has 0 spiro atoms. The summed E-state index contributed by atoms with van der Waals surface area (Å²) in [7, 11) is 2.43. The number of benzene rings is 2. The van der Waals surface area contributed by atoms with Crippen LogP contribution >= 0.6 is 0 Å². The van der Waals surface area contributed by atoms with Crippen molar-refractivity contribution in [3.05, 3.63) is 65.5 Å². The second-order valence-corrected chi connectivity index (χ2v) is 12.9. The molecule has 0 aromatic heterocycles. The van der Waals surface area contributed by atoms with Crippen molar-refractivity contribution in [2.75, 3.05) is 58.2 Å². The van der Waals surface area contributed by atoms with Gasteiger partial charge in [-0.2, -0.15) is 0 Å². The number of hydrogen-bond acceptors (Lipinski definition) is 4. The lowest BCUT2D eigenvalue weighted by atomic mass is 9.85. The molecular formula is C33H47FN5O2+. The van der Waals surface area contributed by atoms with E-state index in [9.17, 15) is 14.0 Å². The molecule has 41 heavy (non-hydrogen) atoms. The first-order valence-corrected chi connectivity index (χ1v) is 15.5.